The Bertz CT molecular complexity index is 775. The summed E-state index contributed by atoms with van der Waals surface area (Å²) in [6, 6.07) is 13.2. The highest BCUT2D eigenvalue weighted by molar-refractivity contribution is 5.92. The lowest BCUT2D eigenvalue weighted by atomic mass is 9.86. The van der Waals surface area contributed by atoms with Gasteiger partial charge in [0.25, 0.3) is 0 Å². The highest BCUT2D eigenvalue weighted by Gasteiger charge is 2.39. The summed E-state index contributed by atoms with van der Waals surface area (Å²) in [6.45, 7) is 1.10. The van der Waals surface area contributed by atoms with Crippen molar-refractivity contribution in [2.24, 2.45) is 11.8 Å². The van der Waals surface area contributed by atoms with Crippen LogP contribution in [0.15, 0.2) is 42.0 Å². The minimum atomic E-state index is 0.766. The van der Waals surface area contributed by atoms with Gasteiger partial charge in [-0.1, -0.05) is 24.3 Å². The van der Waals surface area contributed by atoms with Crippen LogP contribution in [0, 0.1) is 11.8 Å². The molecule has 2 nitrogen and oxygen atoms in total. The number of ether oxygens (including phenoxy) is 1. The molecule has 0 saturated heterocycles. The molecule has 2 aliphatic rings. The monoisotopic (exact) mass is 307 g/mol. The van der Waals surface area contributed by atoms with Crippen molar-refractivity contribution in [1.29, 1.82) is 0 Å². The van der Waals surface area contributed by atoms with Gasteiger partial charge in [-0.25, -0.2) is 0 Å². The fourth-order valence-electron chi connectivity index (χ4n) is 4.61. The zero-order valence-corrected chi connectivity index (χ0v) is 14.3. The van der Waals surface area contributed by atoms with E-state index < -0.39 is 0 Å². The van der Waals surface area contributed by atoms with Crippen LogP contribution in [0.25, 0.3) is 16.3 Å². The van der Waals surface area contributed by atoms with Gasteiger partial charge in [0.05, 0.1) is 7.11 Å². The predicted molar refractivity (Wildman–Crippen MR) is 96.8 cm³/mol. The predicted octanol–water partition coefficient (Wildman–Crippen LogP) is 4.59. The standard InChI is InChI=1S/C21H25NO/c1-22(2)13-19-15-8-10-16(11-15)21(19)17-9-7-14-5-4-6-20(23-3)18(14)12-17/h4-7,9,12,15-16H,8,10-11,13H2,1-3H3. The van der Waals surface area contributed by atoms with Crippen molar-refractivity contribution in [3.8, 4) is 5.75 Å². The van der Waals surface area contributed by atoms with Crippen LogP contribution in [0.4, 0.5) is 0 Å². The molecule has 0 radical (unpaired) electrons. The summed E-state index contributed by atoms with van der Waals surface area (Å²) in [5.41, 5.74) is 4.72. The Balaban J connectivity index is 1.85. The molecule has 2 bridgehead atoms. The summed E-state index contributed by atoms with van der Waals surface area (Å²) in [5.74, 6) is 2.55. The number of fused-ring (bicyclic) bond motifs is 3. The summed E-state index contributed by atoms with van der Waals surface area (Å²) < 4.78 is 5.57. The molecule has 0 N–H and O–H groups in total. The number of hydrogen-bond donors (Lipinski definition) is 0. The lowest BCUT2D eigenvalue weighted by Crippen LogP contribution is -2.19. The molecule has 1 saturated carbocycles. The molecule has 0 spiro atoms. The molecule has 0 aliphatic heterocycles. The molecular formula is C21H25NO. The van der Waals surface area contributed by atoms with E-state index >= 15 is 0 Å². The lowest BCUT2D eigenvalue weighted by Gasteiger charge is -2.23. The zero-order valence-electron chi connectivity index (χ0n) is 14.3. The van der Waals surface area contributed by atoms with E-state index in [1.165, 1.54) is 35.6 Å². The Labute approximate surface area is 138 Å². The van der Waals surface area contributed by atoms with Crippen LogP contribution in [0.1, 0.15) is 24.8 Å². The smallest absolute Gasteiger partial charge is 0.126 e. The maximum atomic E-state index is 5.57. The summed E-state index contributed by atoms with van der Waals surface area (Å²) in [4.78, 5) is 2.32. The van der Waals surface area contributed by atoms with E-state index in [0.717, 1.165) is 24.1 Å². The van der Waals surface area contributed by atoms with Gasteiger partial charge >= 0.3 is 0 Å². The van der Waals surface area contributed by atoms with Crippen molar-refractivity contribution in [1.82, 2.24) is 4.90 Å². The van der Waals surface area contributed by atoms with Crippen LogP contribution in [0.5, 0.6) is 5.75 Å². The van der Waals surface area contributed by atoms with E-state index in [1.807, 2.05) is 0 Å². The minimum Gasteiger partial charge on any atom is -0.496 e. The quantitative estimate of drug-likeness (QED) is 0.819. The molecule has 0 aromatic heterocycles. The first-order chi connectivity index (χ1) is 11.2. The third-order valence-corrected chi connectivity index (χ3v) is 5.54. The molecule has 120 valence electrons. The van der Waals surface area contributed by atoms with E-state index in [0.29, 0.717) is 0 Å². The normalized spacial score (nSPS) is 23.3. The Hall–Kier alpha value is -1.80. The van der Waals surface area contributed by atoms with Crippen LogP contribution in [0.3, 0.4) is 0 Å². The molecule has 2 unspecified atom stereocenters. The minimum absolute atomic E-state index is 0.766. The van der Waals surface area contributed by atoms with Gasteiger partial charge in [-0.2, -0.15) is 0 Å². The van der Waals surface area contributed by atoms with Crippen molar-refractivity contribution < 1.29 is 4.74 Å². The van der Waals surface area contributed by atoms with Crippen molar-refractivity contribution in [2.45, 2.75) is 19.3 Å². The van der Waals surface area contributed by atoms with Gasteiger partial charge in [-0.05, 0) is 79.4 Å². The topological polar surface area (TPSA) is 12.5 Å². The fraction of sp³-hybridized carbons (Fsp3) is 0.429. The van der Waals surface area contributed by atoms with Crippen LogP contribution >= 0.6 is 0 Å². The fourth-order valence-corrected chi connectivity index (χ4v) is 4.61. The van der Waals surface area contributed by atoms with Crippen LogP contribution in [-0.4, -0.2) is 32.6 Å². The second-order valence-electron chi connectivity index (χ2n) is 7.28. The second-order valence-corrected chi connectivity index (χ2v) is 7.28. The van der Waals surface area contributed by atoms with Crippen molar-refractivity contribution in [3.05, 3.63) is 47.5 Å². The molecule has 2 heteroatoms. The molecule has 23 heavy (non-hydrogen) atoms. The van der Waals surface area contributed by atoms with Gasteiger partial charge in [0.2, 0.25) is 0 Å². The SMILES string of the molecule is COc1cccc2ccc(C3=C(CN(C)C)C4CCC3C4)cc12. The van der Waals surface area contributed by atoms with Gasteiger partial charge < -0.3 is 9.64 Å². The number of rotatable bonds is 4. The number of hydrogen-bond acceptors (Lipinski definition) is 2. The average Bonchev–Trinajstić information content (AvgIpc) is 3.14. The molecule has 0 amide bonds. The molecule has 2 aromatic carbocycles. The number of allylic oxidation sites excluding steroid dienone is 1. The summed E-state index contributed by atoms with van der Waals surface area (Å²) >= 11 is 0. The molecule has 2 atom stereocenters. The Morgan fingerprint density at radius 2 is 1.91 bits per heavy atom. The largest absolute Gasteiger partial charge is 0.496 e. The van der Waals surface area contributed by atoms with Gasteiger partial charge in [0, 0.05) is 11.9 Å². The summed E-state index contributed by atoms with van der Waals surface area (Å²) in [5, 5.41) is 2.48. The third-order valence-electron chi connectivity index (χ3n) is 5.54. The third kappa shape index (κ3) is 2.46. The molecule has 0 heterocycles. The van der Waals surface area contributed by atoms with E-state index in [-0.39, 0.29) is 0 Å². The van der Waals surface area contributed by atoms with E-state index in [1.54, 1.807) is 18.3 Å². The Morgan fingerprint density at radius 1 is 1.09 bits per heavy atom. The van der Waals surface area contributed by atoms with E-state index in [4.69, 9.17) is 4.74 Å². The van der Waals surface area contributed by atoms with Crippen LogP contribution < -0.4 is 4.74 Å². The number of methoxy groups -OCH3 is 1. The molecule has 4 rings (SSSR count). The summed E-state index contributed by atoms with van der Waals surface area (Å²) in [6.07, 6.45) is 4.11. The number of likely N-dealkylation sites (N-methyl/N-ethyl adjacent to an activating group) is 1. The zero-order chi connectivity index (χ0) is 16.0. The molecule has 1 fully saturated rings. The first-order valence-electron chi connectivity index (χ1n) is 8.62. The Kier molecular flexibility index (Phi) is 3.65. The van der Waals surface area contributed by atoms with Crippen molar-refractivity contribution in [3.63, 3.8) is 0 Å². The van der Waals surface area contributed by atoms with Gasteiger partial charge in [-0.3, -0.25) is 0 Å². The highest BCUT2D eigenvalue weighted by atomic mass is 16.5. The first-order valence-corrected chi connectivity index (χ1v) is 8.62. The van der Waals surface area contributed by atoms with Crippen molar-refractivity contribution in [2.75, 3.05) is 27.7 Å². The van der Waals surface area contributed by atoms with E-state index in [9.17, 15) is 0 Å². The van der Waals surface area contributed by atoms with E-state index in [2.05, 4.69) is 55.4 Å². The second kappa shape index (κ2) is 5.68. The van der Waals surface area contributed by atoms with Crippen LogP contribution in [-0.2, 0) is 0 Å². The number of benzene rings is 2. The molecule has 2 aromatic rings. The first kappa shape index (κ1) is 14.8. The maximum absolute atomic E-state index is 5.57. The van der Waals surface area contributed by atoms with Gasteiger partial charge in [0.1, 0.15) is 5.75 Å². The molecular weight excluding hydrogens is 282 g/mol. The van der Waals surface area contributed by atoms with Gasteiger partial charge in [-0.15, -0.1) is 0 Å². The van der Waals surface area contributed by atoms with Crippen LogP contribution in [0.2, 0.25) is 0 Å². The van der Waals surface area contributed by atoms with Crippen molar-refractivity contribution >= 4 is 16.3 Å². The maximum Gasteiger partial charge on any atom is 0.126 e. The Morgan fingerprint density at radius 3 is 2.70 bits per heavy atom. The van der Waals surface area contributed by atoms with Gasteiger partial charge in [0.15, 0.2) is 0 Å². The highest BCUT2D eigenvalue weighted by Crippen LogP contribution is 2.52. The number of nitrogens with zero attached hydrogens (tertiary/aromatic N) is 1. The average molecular weight is 307 g/mol. The lowest BCUT2D eigenvalue weighted by molar-refractivity contribution is 0.420. The molecule has 2 aliphatic carbocycles. The summed E-state index contributed by atoms with van der Waals surface area (Å²) in [7, 11) is 6.12.